The van der Waals surface area contributed by atoms with Crippen molar-refractivity contribution in [2.75, 3.05) is 32.6 Å². The van der Waals surface area contributed by atoms with Gasteiger partial charge in [-0.2, -0.15) is 0 Å². The summed E-state index contributed by atoms with van der Waals surface area (Å²) in [5, 5.41) is 4.88. The number of piperidine rings is 1. The van der Waals surface area contributed by atoms with Crippen LogP contribution in [0.4, 0.5) is 5.69 Å². The van der Waals surface area contributed by atoms with Crippen LogP contribution in [0.2, 0.25) is 5.15 Å². The first-order valence-electron chi connectivity index (χ1n) is 8.08. The number of benzene rings is 1. The lowest BCUT2D eigenvalue weighted by atomic mass is 10.0. The molecule has 1 N–H and O–H groups in total. The monoisotopic (exact) mass is 362 g/mol. The number of carbonyl (C=O) groups excluding carboxylic acids is 1. The van der Waals surface area contributed by atoms with E-state index in [0.29, 0.717) is 17.5 Å². The van der Waals surface area contributed by atoms with E-state index in [2.05, 4.69) is 33.8 Å². The number of fused-ring (bicyclic) bond motifs is 1. The third kappa shape index (κ3) is 5.14. The van der Waals surface area contributed by atoms with Crippen LogP contribution in [-0.2, 0) is 4.79 Å². The Morgan fingerprint density at radius 3 is 2.64 bits per heavy atom. The van der Waals surface area contributed by atoms with Gasteiger partial charge in [-0.05, 0) is 45.1 Å². The number of methoxy groups -OCH3 is 1. The fraction of sp³-hybridized carbons (Fsp3) is 0.389. The Labute approximate surface area is 152 Å². The number of aromatic nitrogens is 2. The van der Waals surface area contributed by atoms with Crippen molar-refractivity contribution in [2.45, 2.75) is 18.9 Å². The summed E-state index contributed by atoms with van der Waals surface area (Å²) >= 11 is 6.16. The number of nitrogens with zero attached hydrogens (tertiary/aromatic N) is 3. The van der Waals surface area contributed by atoms with E-state index in [4.69, 9.17) is 21.1 Å². The maximum atomic E-state index is 9.06. The predicted molar refractivity (Wildman–Crippen MR) is 102 cm³/mol. The molecule has 0 aliphatic carbocycles. The van der Waals surface area contributed by atoms with Gasteiger partial charge in [0, 0.05) is 17.5 Å². The zero-order chi connectivity index (χ0) is 18.2. The Hall–Kier alpha value is -2.18. The van der Waals surface area contributed by atoms with E-state index < -0.39 is 0 Å². The van der Waals surface area contributed by atoms with E-state index in [-0.39, 0.29) is 0 Å². The van der Waals surface area contributed by atoms with Gasteiger partial charge in [-0.1, -0.05) is 18.2 Å². The maximum absolute atomic E-state index is 9.06. The molecule has 1 aliphatic rings. The third-order valence-electron chi connectivity index (χ3n) is 4.08. The highest BCUT2D eigenvalue weighted by atomic mass is 35.5. The number of aldehydes is 1. The second-order valence-electron chi connectivity index (χ2n) is 5.83. The van der Waals surface area contributed by atoms with Gasteiger partial charge in [-0.25, -0.2) is 9.97 Å². The fourth-order valence-electron chi connectivity index (χ4n) is 2.71. The minimum absolute atomic E-state index is 0.455. The topological polar surface area (TPSA) is 67.3 Å². The van der Waals surface area contributed by atoms with E-state index in [9.17, 15) is 0 Å². The molecule has 0 saturated carbocycles. The number of allylic oxidation sites excluding steroid dienone is 1. The van der Waals surface area contributed by atoms with Crippen LogP contribution in [0.5, 0.6) is 5.75 Å². The molecule has 1 fully saturated rings. The van der Waals surface area contributed by atoms with Crippen LogP contribution < -0.4 is 10.1 Å². The normalized spacial score (nSPS) is 15.2. The van der Waals surface area contributed by atoms with Crippen molar-refractivity contribution in [3.05, 3.63) is 36.3 Å². The van der Waals surface area contributed by atoms with Gasteiger partial charge in [-0.3, -0.25) is 4.79 Å². The van der Waals surface area contributed by atoms with E-state index in [0.717, 1.165) is 48.3 Å². The van der Waals surface area contributed by atoms with Gasteiger partial charge in [-0.15, -0.1) is 0 Å². The molecule has 6 nitrogen and oxygen atoms in total. The highest BCUT2D eigenvalue weighted by Crippen LogP contribution is 2.33. The number of halogens is 1. The Morgan fingerprint density at radius 1 is 1.36 bits per heavy atom. The van der Waals surface area contributed by atoms with Crippen LogP contribution in [0.25, 0.3) is 10.9 Å². The average Bonchev–Trinajstić information content (AvgIpc) is 2.64. The second kappa shape index (κ2) is 9.34. The first-order valence-corrected chi connectivity index (χ1v) is 8.46. The lowest BCUT2D eigenvalue weighted by Crippen LogP contribution is -2.36. The molecule has 0 unspecified atom stereocenters. The van der Waals surface area contributed by atoms with Crippen molar-refractivity contribution in [3.8, 4) is 5.75 Å². The molecule has 0 bridgehead atoms. The Kier molecular flexibility index (Phi) is 7.16. The summed E-state index contributed by atoms with van der Waals surface area (Å²) in [5.41, 5.74) is 1.75. The maximum Gasteiger partial charge on any atom is 0.144 e. The number of hydrogen-bond donors (Lipinski definition) is 1. The third-order valence-corrected chi connectivity index (χ3v) is 4.38. The number of ether oxygens (including phenoxy) is 1. The van der Waals surface area contributed by atoms with Gasteiger partial charge in [0.15, 0.2) is 0 Å². The van der Waals surface area contributed by atoms with Crippen LogP contribution in [0.1, 0.15) is 12.8 Å². The molecule has 1 aromatic carbocycles. The molecule has 0 amide bonds. The molecule has 0 atom stereocenters. The lowest BCUT2D eigenvalue weighted by Gasteiger charge is -2.30. The Bertz CT molecular complexity index is 724. The van der Waals surface area contributed by atoms with Crippen LogP contribution in [0, 0.1) is 0 Å². The van der Waals surface area contributed by atoms with Gasteiger partial charge in [0.25, 0.3) is 0 Å². The summed E-state index contributed by atoms with van der Waals surface area (Å²) in [6, 6.07) is 4.34. The quantitative estimate of drug-likeness (QED) is 0.512. The molecule has 1 aliphatic heterocycles. The Morgan fingerprint density at radius 2 is 2.04 bits per heavy atom. The van der Waals surface area contributed by atoms with Gasteiger partial charge >= 0.3 is 0 Å². The number of rotatable bonds is 4. The van der Waals surface area contributed by atoms with E-state index in [1.165, 1.54) is 12.4 Å². The van der Waals surface area contributed by atoms with Crippen molar-refractivity contribution in [1.29, 1.82) is 0 Å². The van der Waals surface area contributed by atoms with Gasteiger partial charge in [0.2, 0.25) is 0 Å². The van der Waals surface area contributed by atoms with Crippen LogP contribution >= 0.6 is 11.6 Å². The smallest absolute Gasteiger partial charge is 0.144 e. The van der Waals surface area contributed by atoms with E-state index >= 15 is 0 Å². The molecule has 7 heteroatoms. The molecule has 2 aromatic rings. The molecule has 134 valence electrons. The largest absolute Gasteiger partial charge is 0.495 e. The minimum Gasteiger partial charge on any atom is -0.495 e. The first kappa shape index (κ1) is 19.1. The Balaban J connectivity index is 0.000000511. The van der Waals surface area contributed by atoms with Crippen molar-refractivity contribution < 1.29 is 9.53 Å². The number of likely N-dealkylation sites (tertiary alicyclic amines) is 1. The zero-order valence-electron chi connectivity index (χ0n) is 14.5. The molecular weight excluding hydrogens is 340 g/mol. The summed E-state index contributed by atoms with van der Waals surface area (Å²) < 4.78 is 5.48. The molecule has 1 saturated heterocycles. The van der Waals surface area contributed by atoms with Crippen LogP contribution in [0.3, 0.4) is 0 Å². The zero-order valence-corrected chi connectivity index (χ0v) is 15.3. The molecule has 3 rings (SSSR count). The standard InChI is InChI=1S/C15H19ClN4O.C3H4O/c1-20-5-3-10(4-6-20)19-13-7-11-12(8-14(13)21-2)17-9-18-15(11)16;1-2-3-4/h7-10,19H,3-6H2,1-2H3;2-3H,1H2. The van der Waals surface area contributed by atoms with Crippen molar-refractivity contribution in [1.82, 2.24) is 14.9 Å². The van der Waals surface area contributed by atoms with Crippen molar-refractivity contribution in [3.63, 3.8) is 0 Å². The SMILES string of the molecule is C=CC=O.COc1cc2ncnc(Cl)c2cc1NC1CCN(C)CC1. The van der Waals surface area contributed by atoms with Crippen molar-refractivity contribution >= 4 is 34.5 Å². The van der Waals surface area contributed by atoms with Crippen molar-refractivity contribution in [2.24, 2.45) is 0 Å². The van der Waals surface area contributed by atoms with E-state index in [1.807, 2.05) is 12.1 Å². The minimum atomic E-state index is 0.455. The summed E-state index contributed by atoms with van der Waals surface area (Å²) in [4.78, 5) is 19.7. The lowest BCUT2D eigenvalue weighted by molar-refractivity contribution is -0.104. The number of hydrogen-bond acceptors (Lipinski definition) is 6. The van der Waals surface area contributed by atoms with Gasteiger partial charge < -0.3 is 15.0 Å². The summed E-state index contributed by atoms with van der Waals surface area (Å²) in [7, 11) is 3.83. The summed E-state index contributed by atoms with van der Waals surface area (Å²) in [6.07, 6.45) is 5.54. The average molecular weight is 363 g/mol. The van der Waals surface area contributed by atoms with Crippen LogP contribution in [0.15, 0.2) is 31.1 Å². The van der Waals surface area contributed by atoms with Crippen LogP contribution in [-0.4, -0.2) is 54.4 Å². The van der Waals surface area contributed by atoms with E-state index in [1.54, 1.807) is 7.11 Å². The van der Waals surface area contributed by atoms with Gasteiger partial charge in [0.1, 0.15) is 23.5 Å². The molecule has 2 heterocycles. The number of carbonyl (C=O) groups is 1. The fourth-order valence-corrected chi connectivity index (χ4v) is 2.90. The molecular formula is C18H23ClN4O2. The highest BCUT2D eigenvalue weighted by Gasteiger charge is 2.18. The molecule has 0 spiro atoms. The molecule has 0 radical (unpaired) electrons. The summed E-state index contributed by atoms with van der Waals surface area (Å²) in [5.74, 6) is 0.788. The summed E-state index contributed by atoms with van der Waals surface area (Å²) in [6.45, 7) is 5.33. The number of anilines is 1. The number of nitrogens with one attached hydrogen (secondary N) is 1. The first-order chi connectivity index (χ1) is 12.1. The van der Waals surface area contributed by atoms with Gasteiger partial charge in [0.05, 0.1) is 18.3 Å². The predicted octanol–water partition coefficient (Wildman–Crippen LogP) is 3.17. The highest BCUT2D eigenvalue weighted by molar-refractivity contribution is 6.34. The molecule has 25 heavy (non-hydrogen) atoms. The second-order valence-corrected chi connectivity index (χ2v) is 6.19. The molecule has 1 aromatic heterocycles.